The predicted octanol–water partition coefficient (Wildman–Crippen LogP) is 1.25. The predicted molar refractivity (Wildman–Crippen MR) is 153 cm³/mol. The standard InChI is InChI=1S/C32H36N4O6/c1-18(38)35-32(24-11-4-2-8-22(24)23-9-3-5-12-25(23)32)31(42)36-16-20-7-6-10-21(20)28(36)30(41)34-26(27(39)17-37)15-19-13-14-33-29(19)40/h2-5,8-9,11-12,19-21,26,28,37H,6-7,10,13-17H2,1H3,(H,33,40)(H,34,41)(H,35,38)/t19-,20+,21+,26-,28-/m1/s1. The molecule has 2 heterocycles. The van der Waals surface area contributed by atoms with Gasteiger partial charge in [-0.05, 0) is 59.8 Å². The Morgan fingerprint density at radius 1 is 1.02 bits per heavy atom. The fourth-order valence-corrected chi connectivity index (χ4v) is 7.78. The number of aliphatic hydroxyl groups is 1. The average Bonchev–Trinajstić information content (AvgIpc) is 3.75. The first kappa shape index (κ1) is 28.1. The number of Topliss-reactive ketones (excluding diaryl/α,β-unsaturated/α-hetero) is 1. The maximum atomic E-state index is 14.9. The van der Waals surface area contributed by atoms with E-state index in [9.17, 15) is 29.1 Å². The Morgan fingerprint density at radius 3 is 2.29 bits per heavy atom. The first-order valence-corrected chi connectivity index (χ1v) is 14.8. The second-order valence-corrected chi connectivity index (χ2v) is 12.0. The lowest BCUT2D eigenvalue weighted by atomic mass is 9.85. The summed E-state index contributed by atoms with van der Waals surface area (Å²) in [6.07, 6.45) is 3.20. The van der Waals surface area contributed by atoms with Gasteiger partial charge in [-0.3, -0.25) is 24.0 Å². The molecular weight excluding hydrogens is 536 g/mol. The minimum Gasteiger partial charge on any atom is -0.389 e. The van der Waals surface area contributed by atoms with E-state index in [2.05, 4.69) is 16.0 Å². The fraction of sp³-hybridized carbons (Fsp3) is 0.469. The number of carbonyl (C=O) groups is 5. The van der Waals surface area contributed by atoms with Gasteiger partial charge in [0.1, 0.15) is 12.6 Å². The molecule has 0 spiro atoms. The molecule has 2 aliphatic carbocycles. The molecule has 0 unspecified atom stereocenters. The number of nitrogens with zero attached hydrogens (tertiary/aromatic N) is 1. The van der Waals surface area contributed by atoms with Gasteiger partial charge in [0.2, 0.25) is 17.7 Å². The highest BCUT2D eigenvalue weighted by atomic mass is 16.3. The van der Waals surface area contributed by atoms with Crippen molar-refractivity contribution in [2.45, 2.75) is 56.7 Å². The third kappa shape index (κ3) is 4.48. The van der Waals surface area contributed by atoms with Gasteiger partial charge in [-0.15, -0.1) is 0 Å². The molecule has 5 atom stereocenters. The van der Waals surface area contributed by atoms with Crippen molar-refractivity contribution in [3.8, 4) is 11.1 Å². The largest absolute Gasteiger partial charge is 0.389 e. The van der Waals surface area contributed by atoms with Gasteiger partial charge in [0.15, 0.2) is 11.3 Å². The molecule has 2 saturated heterocycles. The highest BCUT2D eigenvalue weighted by Crippen LogP contribution is 2.51. The van der Waals surface area contributed by atoms with Gasteiger partial charge in [0, 0.05) is 25.9 Å². The highest BCUT2D eigenvalue weighted by molar-refractivity contribution is 6.04. The number of rotatable bonds is 8. The van der Waals surface area contributed by atoms with Gasteiger partial charge < -0.3 is 26.0 Å². The van der Waals surface area contributed by atoms with Crippen LogP contribution in [0.5, 0.6) is 0 Å². The second-order valence-electron chi connectivity index (χ2n) is 12.0. The van der Waals surface area contributed by atoms with Crippen molar-refractivity contribution in [2.75, 3.05) is 19.7 Å². The van der Waals surface area contributed by atoms with E-state index in [1.807, 2.05) is 48.5 Å². The number of aliphatic hydroxyl groups excluding tert-OH is 1. The Morgan fingerprint density at radius 2 is 1.69 bits per heavy atom. The minimum atomic E-state index is -1.52. The number of fused-ring (bicyclic) bond motifs is 4. The van der Waals surface area contributed by atoms with Gasteiger partial charge in [-0.2, -0.15) is 0 Å². The van der Waals surface area contributed by atoms with Gasteiger partial charge in [0.25, 0.3) is 5.91 Å². The summed E-state index contributed by atoms with van der Waals surface area (Å²) < 4.78 is 0. The van der Waals surface area contributed by atoms with Crippen molar-refractivity contribution < 1.29 is 29.1 Å². The molecule has 0 radical (unpaired) electrons. The summed E-state index contributed by atoms with van der Waals surface area (Å²) in [7, 11) is 0. The van der Waals surface area contributed by atoms with Crippen LogP contribution in [0.4, 0.5) is 0 Å². The van der Waals surface area contributed by atoms with Crippen molar-refractivity contribution in [1.82, 2.24) is 20.9 Å². The Hall–Kier alpha value is -4.05. The minimum absolute atomic E-state index is 0.0856. The molecule has 4 N–H and O–H groups in total. The van der Waals surface area contributed by atoms with Crippen LogP contribution in [-0.4, -0.2) is 71.2 Å². The molecular formula is C32H36N4O6. The molecule has 0 aromatic heterocycles. The van der Waals surface area contributed by atoms with E-state index in [0.29, 0.717) is 30.6 Å². The van der Waals surface area contributed by atoms with E-state index >= 15 is 0 Å². The second kappa shape index (κ2) is 11.0. The number of hydrogen-bond acceptors (Lipinski definition) is 6. The zero-order chi connectivity index (χ0) is 29.6. The summed E-state index contributed by atoms with van der Waals surface area (Å²) in [5.74, 6) is -2.42. The van der Waals surface area contributed by atoms with E-state index in [4.69, 9.17) is 0 Å². The van der Waals surface area contributed by atoms with Crippen LogP contribution < -0.4 is 16.0 Å². The van der Waals surface area contributed by atoms with Crippen LogP contribution in [0.25, 0.3) is 11.1 Å². The molecule has 42 heavy (non-hydrogen) atoms. The molecule has 3 fully saturated rings. The van der Waals surface area contributed by atoms with Gasteiger partial charge >= 0.3 is 0 Å². The Bertz CT molecular complexity index is 1410. The summed E-state index contributed by atoms with van der Waals surface area (Å²) in [5.41, 5.74) is 1.49. The van der Waals surface area contributed by atoms with Crippen LogP contribution in [0.3, 0.4) is 0 Å². The monoisotopic (exact) mass is 572 g/mol. The number of hydrogen-bond donors (Lipinski definition) is 4. The molecule has 1 saturated carbocycles. The number of amides is 4. The van der Waals surface area contributed by atoms with Crippen molar-refractivity contribution in [3.05, 3.63) is 59.7 Å². The third-order valence-corrected chi connectivity index (χ3v) is 9.60. The molecule has 2 aromatic rings. The SMILES string of the molecule is CC(=O)NC1(C(=O)N2C[C@@H]3CCC[C@@H]3[C@@H]2C(=O)N[C@H](C[C@H]2CCNC2=O)C(=O)CO)c2ccccc2-c2ccccc21. The lowest BCUT2D eigenvalue weighted by Crippen LogP contribution is -2.61. The summed E-state index contributed by atoms with van der Waals surface area (Å²) in [5, 5.41) is 18.2. The van der Waals surface area contributed by atoms with Gasteiger partial charge in [0.05, 0.1) is 6.04 Å². The Balaban J connectivity index is 1.38. The molecule has 4 amide bonds. The lowest BCUT2D eigenvalue weighted by Gasteiger charge is -2.38. The fourth-order valence-electron chi connectivity index (χ4n) is 7.78. The summed E-state index contributed by atoms with van der Waals surface area (Å²) >= 11 is 0. The molecule has 4 aliphatic rings. The van der Waals surface area contributed by atoms with Gasteiger partial charge in [-0.1, -0.05) is 55.0 Å². The zero-order valence-corrected chi connectivity index (χ0v) is 23.6. The number of carbonyl (C=O) groups excluding carboxylic acids is 5. The molecule has 10 nitrogen and oxygen atoms in total. The molecule has 10 heteroatoms. The van der Waals surface area contributed by atoms with Gasteiger partial charge in [-0.25, -0.2) is 0 Å². The zero-order valence-electron chi connectivity index (χ0n) is 23.6. The van der Waals surface area contributed by atoms with Crippen LogP contribution in [-0.2, 0) is 29.5 Å². The quantitative estimate of drug-likeness (QED) is 0.375. The third-order valence-electron chi connectivity index (χ3n) is 9.60. The molecule has 2 aromatic carbocycles. The molecule has 6 rings (SSSR count). The first-order valence-electron chi connectivity index (χ1n) is 14.8. The smallest absolute Gasteiger partial charge is 0.258 e. The Kier molecular flexibility index (Phi) is 7.34. The van der Waals surface area contributed by atoms with Crippen molar-refractivity contribution >= 4 is 29.4 Å². The van der Waals surface area contributed by atoms with Crippen LogP contribution in [0.15, 0.2) is 48.5 Å². The molecule has 220 valence electrons. The van der Waals surface area contributed by atoms with Crippen LogP contribution in [0, 0.1) is 17.8 Å². The van der Waals surface area contributed by atoms with E-state index in [1.54, 1.807) is 4.90 Å². The maximum Gasteiger partial charge on any atom is 0.258 e. The van der Waals surface area contributed by atoms with Crippen molar-refractivity contribution in [2.24, 2.45) is 17.8 Å². The normalized spacial score (nSPS) is 25.7. The summed E-state index contributed by atoms with van der Waals surface area (Å²) in [4.78, 5) is 68.4. The Labute approximate surface area is 244 Å². The highest BCUT2D eigenvalue weighted by Gasteiger charge is 2.58. The van der Waals surface area contributed by atoms with Crippen LogP contribution >= 0.6 is 0 Å². The topological polar surface area (TPSA) is 145 Å². The number of nitrogens with one attached hydrogen (secondary N) is 3. The van der Waals surface area contributed by atoms with E-state index in [1.165, 1.54) is 6.92 Å². The number of benzene rings is 2. The lowest BCUT2D eigenvalue weighted by molar-refractivity contribution is -0.146. The first-order chi connectivity index (χ1) is 20.3. The summed E-state index contributed by atoms with van der Waals surface area (Å²) in [6, 6.07) is 13.1. The van der Waals surface area contributed by atoms with E-state index in [0.717, 1.165) is 30.4 Å². The molecule has 2 aliphatic heterocycles. The summed E-state index contributed by atoms with van der Waals surface area (Å²) in [6.45, 7) is 1.47. The number of likely N-dealkylation sites (tertiary alicyclic amines) is 1. The molecule has 0 bridgehead atoms. The number of ketones is 1. The average molecular weight is 573 g/mol. The van der Waals surface area contributed by atoms with Crippen LogP contribution in [0.2, 0.25) is 0 Å². The van der Waals surface area contributed by atoms with E-state index in [-0.39, 0.29) is 36.0 Å². The van der Waals surface area contributed by atoms with E-state index < -0.39 is 41.8 Å². The van der Waals surface area contributed by atoms with Crippen LogP contribution in [0.1, 0.15) is 50.2 Å². The van der Waals surface area contributed by atoms with Crippen molar-refractivity contribution in [1.29, 1.82) is 0 Å². The van der Waals surface area contributed by atoms with Crippen molar-refractivity contribution in [3.63, 3.8) is 0 Å². The maximum absolute atomic E-state index is 14.9.